The van der Waals surface area contributed by atoms with Crippen molar-refractivity contribution in [2.45, 2.75) is 38.1 Å². The fourth-order valence-electron chi connectivity index (χ4n) is 5.53. The van der Waals surface area contributed by atoms with Crippen LogP contribution in [0, 0.1) is 0 Å². The van der Waals surface area contributed by atoms with Crippen molar-refractivity contribution >= 4 is 27.5 Å². The van der Waals surface area contributed by atoms with Crippen molar-refractivity contribution < 1.29 is 0 Å². The van der Waals surface area contributed by atoms with Gasteiger partial charge in [-0.25, -0.2) is 15.0 Å². The molecule has 0 aliphatic heterocycles. The second-order valence-electron chi connectivity index (χ2n) is 9.31. The molecule has 1 aliphatic carbocycles. The van der Waals surface area contributed by atoms with E-state index in [2.05, 4.69) is 80.8 Å². The van der Waals surface area contributed by atoms with E-state index in [1.807, 2.05) is 18.7 Å². The van der Waals surface area contributed by atoms with Crippen molar-refractivity contribution in [1.82, 2.24) is 23.9 Å². The van der Waals surface area contributed by atoms with E-state index in [0.29, 0.717) is 6.04 Å². The Morgan fingerprint density at radius 2 is 1.74 bits per heavy atom. The van der Waals surface area contributed by atoms with E-state index in [1.54, 1.807) is 0 Å². The lowest BCUT2D eigenvalue weighted by Gasteiger charge is -2.23. The molecular formula is C29H25N5. The van der Waals surface area contributed by atoms with Crippen LogP contribution >= 0.6 is 0 Å². The van der Waals surface area contributed by atoms with Gasteiger partial charge in [-0.15, -0.1) is 0 Å². The van der Waals surface area contributed by atoms with Gasteiger partial charge in [0.05, 0.1) is 23.1 Å². The summed E-state index contributed by atoms with van der Waals surface area (Å²) in [7, 11) is 0. The molecule has 5 heteroatoms. The normalized spacial score (nSPS) is 14.9. The Labute approximate surface area is 197 Å². The summed E-state index contributed by atoms with van der Waals surface area (Å²) in [5.74, 6) is 0. The molecule has 1 aliphatic rings. The van der Waals surface area contributed by atoms with Crippen LogP contribution in [0.15, 0.2) is 85.6 Å². The maximum absolute atomic E-state index is 5.18. The van der Waals surface area contributed by atoms with Crippen LogP contribution in [0.5, 0.6) is 0 Å². The van der Waals surface area contributed by atoms with Gasteiger partial charge in [0.1, 0.15) is 5.69 Å². The Kier molecular flexibility index (Phi) is 4.47. The van der Waals surface area contributed by atoms with Crippen molar-refractivity contribution in [1.29, 1.82) is 0 Å². The maximum atomic E-state index is 5.18. The monoisotopic (exact) mass is 443 g/mol. The standard InChI is InChI=1S/C29H25N5/c1-2-9-22(10-3-1)34-19-31-25-14-13-21(17-27(25)34)28-29-30-15-16-33(29)18-26(32-28)24-12-6-8-20-7-4-5-11-23(20)24/h4-8,11-19,22H,1-3,9-10H2. The molecular weight excluding hydrogens is 418 g/mol. The average Bonchev–Trinajstić information content (AvgIpc) is 3.55. The molecule has 0 saturated heterocycles. The molecule has 0 atom stereocenters. The van der Waals surface area contributed by atoms with E-state index >= 15 is 0 Å². The molecule has 1 fully saturated rings. The lowest BCUT2D eigenvalue weighted by Crippen LogP contribution is -2.11. The Morgan fingerprint density at radius 1 is 0.853 bits per heavy atom. The molecule has 0 bridgehead atoms. The van der Waals surface area contributed by atoms with Gasteiger partial charge in [-0.3, -0.25) is 0 Å². The van der Waals surface area contributed by atoms with Crippen molar-refractivity contribution in [3.63, 3.8) is 0 Å². The Morgan fingerprint density at radius 3 is 2.68 bits per heavy atom. The van der Waals surface area contributed by atoms with E-state index in [-0.39, 0.29) is 0 Å². The molecule has 166 valence electrons. The summed E-state index contributed by atoms with van der Waals surface area (Å²) in [6.45, 7) is 0. The van der Waals surface area contributed by atoms with E-state index in [4.69, 9.17) is 9.97 Å². The number of imidazole rings is 2. The third-order valence-corrected chi connectivity index (χ3v) is 7.26. The third kappa shape index (κ3) is 3.11. The fraction of sp³-hybridized carbons (Fsp3) is 0.207. The van der Waals surface area contributed by atoms with Crippen LogP contribution < -0.4 is 0 Å². The van der Waals surface area contributed by atoms with Gasteiger partial charge in [0.25, 0.3) is 0 Å². The maximum Gasteiger partial charge on any atom is 0.163 e. The van der Waals surface area contributed by atoms with E-state index in [1.165, 1.54) is 48.4 Å². The zero-order chi connectivity index (χ0) is 22.5. The number of nitrogens with zero attached hydrogens (tertiary/aromatic N) is 5. The van der Waals surface area contributed by atoms with Crippen LogP contribution in [-0.2, 0) is 0 Å². The summed E-state index contributed by atoms with van der Waals surface area (Å²) >= 11 is 0. The molecule has 7 rings (SSSR count). The number of rotatable bonds is 3. The van der Waals surface area contributed by atoms with E-state index in [9.17, 15) is 0 Å². The quantitative estimate of drug-likeness (QED) is 0.294. The van der Waals surface area contributed by atoms with Crippen molar-refractivity contribution in [2.75, 3.05) is 0 Å². The second kappa shape index (κ2) is 7.80. The van der Waals surface area contributed by atoms with Gasteiger partial charge in [-0.05, 0) is 35.7 Å². The fourth-order valence-corrected chi connectivity index (χ4v) is 5.53. The smallest absolute Gasteiger partial charge is 0.163 e. The highest BCUT2D eigenvalue weighted by molar-refractivity contribution is 5.96. The van der Waals surface area contributed by atoms with Crippen LogP contribution in [0.25, 0.3) is 50.0 Å². The SMILES string of the molecule is c1ccc2c(-c3cn4ccnc4c(-c4ccc5ncn(C6CCCCC6)c5c4)n3)cccc2c1. The number of fused-ring (bicyclic) bond motifs is 3. The van der Waals surface area contributed by atoms with Crippen LogP contribution in [-0.4, -0.2) is 23.9 Å². The minimum Gasteiger partial charge on any atom is -0.327 e. The second-order valence-corrected chi connectivity index (χ2v) is 9.31. The summed E-state index contributed by atoms with van der Waals surface area (Å²) < 4.78 is 4.47. The molecule has 3 heterocycles. The van der Waals surface area contributed by atoms with Gasteiger partial charge >= 0.3 is 0 Å². The van der Waals surface area contributed by atoms with Gasteiger partial charge in [0, 0.05) is 35.8 Å². The van der Waals surface area contributed by atoms with E-state index in [0.717, 1.165) is 33.7 Å². The predicted molar refractivity (Wildman–Crippen MR) is 137 cm³/mol. The zero-order valence-corrected chi connectivity index (χ0v) is 18.9. The highest BCUT2D eigenvalue weighted by Gasteiger charge is 2.19. The van der Waals surface area contributed by atoms with Gasteiger partial charge < -0.3 is 8.97 Å². The molecule has 6 aromatic rings. The van der Waals surface area contributed by atoms with Crippen LogP contribution in [0.3, 0.4) is 0 Å². The first-order chi connectivity index (χ1) is 16.8. The van der Waals surface area contributed by atoms with Crippen LogP contribution in [0.1, 0.15) is 38.1 Å². The molecule has 1 saturated carbocycles. The first-order valence-electron chi connectivity index (χ1n) is 12.1. The first-order valence-corrected chi connectivity index (χ1v) is 12.1. The number of hydrogen-bond acceptors (Lipinski definition) is 3. The molecule has 3 aromatic heterocycles. The largest absolute Gasteiger partial charge is 0.327 e. The summed E-state index contributed by atoms with van der Waals surface area (Å²) in [5, 5.41) is 2.42. The Bertz CT molecular complexity index is 1650. The molecule has 34 heavy (non-hydrogen) atoms. The number of benzene rings is 3. The summed E-state index contributed by atoms with van der Waals surface area (Å²) in [6.07, 6.45) is 14.4. The average molecular weight is 444 g/mol. The summed E-state index contributed by atoms with van der Waals surface area (Å²) in [6, 6.07) is 21.9. The summed E-state index contributed by atoms with van der Waals surface area (Å²) in [4.78, 5) is 14.5. The predicted octanol–water partition coefficient (Wildman–Crippen LogP) is 7.07. The lowest BCUT2D eigenvalue weighted by atomic mass is 9.95. The minimum absolute atomic E-state index is 0.537. The first kappa shape index (κ1) is 19.5. The van der Waals surface area contributed by atoms with Crippen LogP contribution in [0.4, 0.5) is 0 Å². The molecule has 0 radical (unpaired) electrons. The molecule has 0 N–H and O–H groups in total. The number of hydrogen-bond donors (Lipinski definition) is 0. The minimum atomic E-state index is 0.537. The van der Waals surface area contributed by atoms with Crippen molar-refractivity contribution in [2.24, 2.45) is 0 Å². The Hall–Kier alpha value is -3.99. The van der Waals surface area contributed by atoms with Gasteiger partial charge in [0.15, 0.2) is 5.65 Å². The van der Waals surface area contributed by atoms with Crippen LogP contribution in [0.2, 0.25) is 0 Å². The molecule has 0 amide bonds. The topological polar surface area (TPSA) is 48.0 Å². The lowest BCUT2D eigenvalue weighted by molar-refractivity contribution is 0.359. The van der Waals surface area contributed by atoms with Crippen molar-refractivity contribution in [3.8, 4) is 22.5 Å². The van der Waals surface area contributed by atoms with E-state index < -0.39 is 0 Å². The van der Waals surface area contributed by atoms with Gasteiger partial charge in [-0.1, -0.05) is 67.8 Å². The van der Waals surface area contributed by atoms with Gasteiger partial charge in [0.2, 0.25) is 0 Å². The zero-order valence-electron chi connectivity index (χ0n) is 18.9. The molecule has 0 unspecified atom stereocenters. The summed E-state index contributed by atoms with van der Waals surface area (Å²) in [5.41, 5.74) is 7.14. The Balaban J connectivity index is 1.42. The van der Waals surface area contributed by atoms with Crippen molar-refractivity contribution in [3.05, 3.63) is 85.6 Å². The molecule has 5 nitrogen and oxygen atoms in total. The third-order valence-electron chi connectivity index (χ3n) is 7.26. The molecule has 0 spiro atoms. The number of aromatic nitrogens is 5. The highest BCUT2D eigenvalue weighted by atomic mass is 15.1. The highest BCUT2D eigenvalue weighted by Crippen LogP contribution is 2.34. The molecule has 3 aromatic carbocycles. The van der Waals surface area contributed by atoms with Gasteiger partial charge in [-0.2, -0.15) is 0 Å².